The second-order valence-electron chi connectivity index (χ2n) is 5.35. The molecule has 0 saturated carbocycles. The first kappa shape index (κ1) is 13.0. The summed E-state index contributed by atoms with van der Waals surface area (Å²) in [7, 11) is 0. The van der Waals surface area contributed by atoms with Crippen molar-refractivity contribution in [3.8, 4) is 11.3 Å². The van der Waals surface area contributed by atoms with E-state index in [4.69, 9.17) is 0 Å². The first-order chi connectivity index (χ1) is 9.90. The Bertz CT molecular complexity index is 679. The molecule has 0 amide bonds. The van der Waals surface area contributed by atoms with E-state index < -0.39 is 0 Å². The molecule has 0 unspecified atom stereocenters. The van der Waals surface area contributed by atoms with Crippen LogP contribution in [0.3, 0.4) is 0 Å². The highest BCUT2D eigenvalue weighted by atomic mass is 14.7. The molecule has 0 fully saturated rings. The number of aromatic amines is 1. The number of aromatic nitrogens is 1. The van der Waals surface area contributed by atoms with Crippen molar-refractivity contribution in [2.75, 3.05) is 0 Å². The van der Waals surface area contributed by atoms with Crippen LogP contribution in [0, 0.1) is 0 Å². The van der Waals surface area contributed by atoms with Gasteiger partial charge in [0.25, 0.3) is 0 Å². The van der Waals surface area contributed by atoms with Gasteiger partial charge < -0.3 is 4.98 Å². The van der Waals surface area contributed by atoms with Crippen LogP contribution in [-0.2, 0) is 6.42 Å². The predicted molar refractivity (Wildman–Crippen MR) is 87.0 cm³/mol. The van der Waals surface area contributed by atoms with Gasteiger partial charge in [0.1, 0.15) is 0 Å². The van der Waals surface area contributed by atoms with Gasteiger partial charge in [-0.3, -0.25) is 0 Å². The van der Waals surface area contributed by atoms with Gasteiger partial charge in [-0.05, 0) is 30.0 Å². The highest BCUT2D eigenvalue weighted by Gasteiger charge is 2.11. The van der Waals surface area contributed by atoms with Crippen molar-refractivity contribution in [2.45, 2.75) is 32.6 Å². The van der Waals surface area contributed by atoms with Crippen LogP contribution in [0.2, 0.25) is 0 Å². The molecule has 1 aromatic heterocycles. The van der Waals surface area contributed by atoms with E-state index in [9.17, 15) is 0 Å². The molecule has 0 atom stereocenters. The Hall–Kier alpha value is -2.02. The standard InChI is InChI=1S/C19H21N/c1-2-3-5-13-17-16-12-8-9-14-18(16)20-19(17)15-10-6-4-7-11-15/h4,6-12,14,20H,2-3,5,13H2,1H3. The van der Waals surface area contributed by atoms with Crippen LogP contribution in [0.1, 0.15) is 31.7 Å². The SMILES string of the molecule is CCCCCc1c(-c2ccccc2)[nH]c2ccccc12. The molecule has 1 N–H and O–H groups in total. The van der Waals surface area contributed by atoms with Crippen molar-refractivity contribution in [2.24, 2.45) is 0 Å². The largest absolute Gasteiger partial charge is 0.354 e. The van der Waals surface area contributed by atoms with E-state index in [1.807, 2.05) is 0 Å². The van der Waals surface area contributed by atoms with E-state index in [1.165, 1.54) is 47.0 Å². The Morgan fingerprint density at radius 3 is 2.40 bits per heavy atom. The Morgan fingerprint density at radius 1 is 0.850 bits per heavy atom. The second-order valence-corrected chi connectivity index (χ2v) is 5.35. The first-order valence-corrected chi connectivity index (χ1v) is 7.55. The number of para-hydroxylation sites is 1. The molecule has 0 radical (unpaired) electrons. The highest BCUT2D eigenvalue weighted by molar-refractivity contribution is 5.90. The van der Waals surface area contributed by atoms with E-state index in [1.54, 1.807) is 0 Å². The third-order valence-corrected chi connectivity index (χ3v) is 3.91. The number of benzene rings is 2. The third-order valence-electron chi connectivity index (χ3n) is 3.91. The average Bonchev–Trinajstić information content (AvgIpc) is 2.87. The average molecular weight is 263 g/mol. The number of fused-ring (bicyclic) bond motifs is 1. The molecule has 1 heteroatoms. The van der Waals surface area contributed by atoms with Gasteiger partial charge in [0.15, 0.2) is 0 Å². The quantitative estimate of drug-likeness (QED) is 0.579. The molecular weight excluding hydrogens is 242 g/mol. The summed E-state index contributed by atoms with van der Waals surface area (Å²) in [5.41, 5.74) is 5.30. The molecule has 0 bridgehead atoms. The van der Waals surface area contributed by atoms with Gasteiger partial charge in [-0.15, -0.1) is 0 Å². The van der Waals surface area contributed by atoms with Crippen LogP contribution < -0.4 is 0 Å². The summed E-state index contributed by atoms with van der Waals surface area (Å²) in [5, 5.41) is 1.38. The molecule has 1 nitrogen and oxygen atoms in total. The molecule has 1 heterocycles. The van der Waals surface area contributed by atoms with Crippen LogP contribution in [0.25, 0.3) is 22.2 Å². The summed E-state index contributed by atoms with van der Waals surface area (Å²) in [6.07, 6.45) is 4.98. The maximum absolute atomic E-state index is 3.61. The van der Waals surface area contributed by atoms with Crippen molar-refractivity contribution in [1.82, 2.24) is 4.98 Å². The Labute approximate surface area is 120 Å². The molecule has 102 valence electrons. The van der Waals surface area contributed by atoms with Crippen molar-refractivity contribution < 1.29 is 0 Å². The lowest BCUT2D eigenvalue weighted by Crippen LogP contribution is -1.88. The number of nitrogens with one attached hydrogen (secondary N) is 1. The Balaban J connectivity index is 2.08. The summed E-state index contributed by atoms with van der Waals surface area (Å²) in [4.78, 5) is 3.61. The molecule has 0 aliphatic rings. The zero-order valence-corrected chi connectivity index (χ0v) is 12.0. The normalized spacial score (nSPS) is 11.1. The number of rotatable bonds is 5. The molecule has 20 heavy (non-hydrogen) atoms. The lowest BCUT2D eigenvalue weighted by atomic mass is 10.00. The maximum Gasteiger partial charge on any atom is 0.0497 e. The van der Waals surface area contributed by atoms with E-state index in [2.05, 4.69) is 66.5 Å². The Morgan fingerprint density at radius 2 is 1.60 bits per heavy atom. The fraction of sp³-hybridized carbons (Fsp3) is 0.263. The minimum atomic E-state index is 1.15. The van der Waals surface area contributed by atoms with Gasteiger partial charge in [0, 0.05) is 16.6 Å². The zero-order chi connectivity index (χ0) is 13.8. The summed E-state index contributed by atoms with van der Waals surface area (Å²) < 4.78 is 0. The van der Waals surface area contributed by atoms with Gasteiger partial charge in [0.05, 0.1) is 0 Å². The van der Waals surface area contributed by atoms with Crippen molar-refractivity contribution in [3.63, 3.8) is 0 Å². The summed E-state index contributed by atoms with van der Waals surface area (Å²) >= 11 is 0. The van der Waals surface area contributed by atoms with Crippen LogP contribution in [0.5, 0.6) is 0 Å². The van der Waals surface area contributed by atoms with Gasteiger partial charge in [0.2, 0.25) is 0 Å². The fourth-order valence-electron chi connectivity index (χ4n) is 2.86. The van der Waals surface area contributed by atoms with Crippen LogP contribution in [0.15, 0.2) is 54.6 Å². The molecule has 3 rings (SSSR count). The molecule has 0 saturated heterocycles. The van der Waals surface area contributed by atoms with Crippen molar-refractivity contribution in [3.05, 3.63) is 60.2 Å². The van der Waals surface area contributed by atoms with Crippen LogP contribution in [0.4, 0.5) is 0 Å². The second kappa shape index (κ2) is 5.96. The number of aryl methyl sites for hydroxylation is 1. The van der Waals surface area contributed by atoms with E-state index >= 15 is 0 Å². The maximum atomic E-state index is 3.61. The summed E-state index contributed by atoms with van der Waals surface area (Å²) in [6.45, 7) is 2.26. The lowest BCUT2D eigenvalue weighted by molar-refractivity contribution is 0.720. The zero-order valence-electron chi connectivity index (χ0n) is 12.0. The smallest absolute Gasteiger partial charge is 0.0497 e. The number of unbranched alkanes of at least 4 members (excludes halogenated alkanes) is 2. The third kappa shape index (κ3) is 2.49. The van der Waals surface area contributed by atoms with Gasteiger partial charge in [-0.2, -0.15) is 0 Å². The van der Waals surface area contributed by atoms with Crippen LogP contribution >= 0.6 is 0 Å². The van der Waals surface area contributed by atoms with E-state index in [0.29, 0.717) is 0 Å². The molecule has 3 aromatic rings. The van der Waals surface area contributed by atoms with Crippen molar-refractivity contribution >= 4 is 10.9 Å². The molecule has 2 aromatic carbocycles. The minimum absolute atomic E-state index is 1.15. The van der Waals surface area contributed by atoms with E-state index in [0.717, 1.165) is 6.42 Å². The lowest BCUT2D eigenvalue weighted by Gasteiger charge is -2.05. The van der Waals surface area contributed by atoms with Crippen LogP contribution in [-0.4, -0.2) is 4.98 Å². The number of hydrogen-bond acceptors (Lipinski definition) is 0. The minimum Gasteiger partial charge on any atom is -0.354 e. The predicted octanol–water partition coefficient (Wildman–Crippen LogP) is 5.57. The molecule has 0 aliphatic heterocycles. The molecular formula is C19H21N. The summed E-state index contributed by atoms with van der Waals surface area (Å²) in [6, 6.07) is 19.3. The molecule has 0 spiro atoms. The number of hydrogen-bond donors (Lipinski definition) is 1. The monoisotopic (exact) mass is 263 g/mol. The Kier molecular flexibility index (Phi) is 3.87. The highest BCUT2D eigenvalue weighted by Crippen LogP contribution is 2.31. The van der Waals surface area contributed by atoms with Gasteiger partial charge >= 0.3 is 0 Å². The van der Waals surface area contributed by atoms with Gasteiger partial charge in [-0.25, -0.2) is 0 Å². The molecule has 0 aliphatic carbocycles. The number of H-pyrrole nitrogens is 1. The van der Waals surface area contributed by atoms with Crippen molar-refractivity contribution in [1.29, 1.82) is 0 Å². The summed E-state index contributed by atoms with van der Waals surface area (Å²) in [5.74, 6) is 0. The topological polar surface area (TPSA) is 15.8 Å². The fourth-order valence-corrected chi connectivity index (χ4v) is 2.86. The van der Waals surface area contributed by atoms with E-state index in [-0.39, 0.29) is 0 Å². The van der Waals surface area contributed by atoms with Gasteiger partial charge in [-0.1, -0.05) is 68.3 Å². The first-order valence-electron chi connectivity index (χ1n) is 7.55.